The summed E-state index contributed by atoms with van der Waals surface area (Å²) in [7, 11) is 0. The zero-order valence-electron chi connectivity index (χ0n) is 13.2. The van der Waals surface area contributed by atoms with Crippen LogP contribution in [0.4, 0.5) is 0 Å². The summed E-state index contributed by atoms with van der Waals surface area (Å²) in [5, 5.41) is 0. The largest absolute Gasteiger partial charge is 0.349 e. The van der Waals surface area contributed by atoms with Crippen molar-refractivity contribution < 1.29 is 9.47 Å². The van der Waals surface area contributed by atoms with Crippen molar-refractivity contribution in [3.63, 3.8) is 0 Å². The maximum atomic E-state index is 5.76. The third-order valence-electron chi connectivity index (χ3n) is 3.21. The minimum Gasteiger partial charge on any atom is -0.349 e. The van der Waals surface area contributed by atoms with Gasteiger partial charge < -0.3 is 9.47 Å². The molecule has 0 bridgehead atoms. The van der Waals surface area contributed by atoms with E-state index < -0.39 is 0 Å². The summed E-state index contributed by atoms with van der Waals surface area (Å²) in [4.78, 5) is 0. The number of hydrogen-bond donors (Lipinski definition) is 0. The lowest BCUT2D eigenvalue weighted by Crippen LogP contribution is -2.28. The minimum absolute atomic E-state index is 0.136. The number of rotatable bonds is 5. The fourth-order valence-corrected chi connectivity index (χ4v) is 1.93. The lowest BCUT2D eigenvalue weighted by atomic mass is 9.92. The van der Waals surface area contributed by atoms with Crippen molar-refractivity contribution in [3.8, 4) is 0 Å². The molecule has 1 aliphatic rings. The number of ether oxygens (including phenoxy) is 2. The highest BCUT2D eigenvalue weighted by atomic mass is 16.7. The van der Waals surface area contributed by atoms with Gasteiger partial charge in [-0.15, -0.1) is 5.73 Å². The summed E-state index contributed by atoms with van der Waals surface area (Å²) in [5.74, 6) is 0. The maximum absolute atomic E-state index is 5.76. The van der Waals surface area contributed by atoms with Crippen LogP contribution in [-0.2, 0) is 9.47 Å². The van der Waals surface area contributed by atoms with Crippen molar-refractivity contribution in [2.24, 2.45) is 5.41 Å². The second-order valence-corrected chi connectivity index (χ2v) is 6.32. The van der Waals surface area contributed by atoms with Gasteiger partial charge in [-0.3, -0.25) is 0 Å². The van der Waals surface area contributed by atoms with Crippen molar-refractivity contribution in [1.29, 1.82) is 0 Å². The van der Waals surface area contributed by atoms with Crippen LogP contribution in [0, 0.1) is 5.41 Å². The standard InChI is InChI=1S/C17H28O2/c1-13(2)8-7-9-14(3)10-11-17(5,6)16-18-12-15(4)19-16/h8,11,15-16H,7,9,12H2,1-6H3/t10?,15-,16-/m0/s1. The van der Waals surface area contributed by atoms with Crippen LogP contribution in [0.25, 0.3) is 0 Å². The van der Waals surface area contributed by atoms with Crippen LogP contribution in [0.5, 0.6) is 0 Å². The van der Waals surface area contributed by atoms with Crippen LogP contribution in [0.1, 0.15) is 54.4 Å². The Labute approximate surface area is 118 Å². The summed E-state index contributed by atoms with van der Waals surface area (Å²) in [6, 6.07) is 0. The molecule has 0 amide bonds. The smallest absolute Gasteiger partial charge is 0.167 e. The molecule has 0 aromatic heterocycles. The van der Waals surface area contributed by atoms with Gasteiger partial charge in [0.15, 0.2) is 6.29 Å². The van der Waals surface area contributed by atoms with E-state index >= 15 is 0 Å². The van der Waals surface area contributed by atoms with E-state index in [0.29, 0.717) is 6.61 Å². The monoisotopic (exact) mass is 264 g/mol. The second kappa shape index (κ2) is 7.09. The van der Waals surface area contributed by atoms with Gasteiger partial charge >= 0.3 is 0 Å². The van der Waals surface area contributed by atoms with E-state index in [0.717, 1.165) is 12.8 Å². The van der Waals surface area contributed by atoms with Crippen LogP contribution in [0.15, 0.2) is 29.0 Å². The molecule has 108 valence electrons. The highest BCUT2D eigenvalue weighted by Gasteiger charge is 2.35. The first-order valence-corrected chi connectivity index (χ1v) is 7.15. The van der Waals surface area contributed by atoms with Crippen molar-refractivity contribution in [1.82, 2.24) is 0 Å². The average Bonchev–Trinajstić information content (AvgIpc) is 2.74. The Hall–Kier alpha value is -0.820. The van der Waals surface area contributed by atoms with E-state index in [9.17, 15) is 0 Å². The Bertz CT molecular complexity index is 380. The minimum atomic E-state index is -0.152. The summed E-state index contributed by atoms with van der Waals surface area (Å²) in [6.07, 6.45) is 6.54. The Morgan fingerprint density at radius 1 is 1.32 bits per heavy atom. The van der Waals surface area contributed by atoms with Gasteiger partial charge in [0.05, 0.1) is 12.7 Å². The maximum Gasteiger partial charge on any atom is 0.167 e. The fourth-order valence-electron chi connectivity index (χ4n) is 1.93. The molecule has 19 heavy (non-hydrogen) atoms. The van der Waals surface area contributed by atoms with Crippen LogP contribution in [0.3, 0.4) is 0 Å². The van der Waals surface area contributed by atoms with Crippen molar-refractivity contribution >= 4 is 0 Å². The molecule has 0 aliphatic carbocycles. The quantitative estimate of drug-likeness (QED) is 0.533. The molecular formula is C17H28O2. The molecule has 2 atom stereocenters. The molecule has 1 saturated heterocycles. The van der Waals surface area contributed by atoms with Crippen LogP contribution >= 0.6 is 0 Å². The summed E-state index contributed by atoms with van der Waals surface area (Å²) >= 11 is 0. The first kappa shape index (κ1) is 16.2. The molecule has 1 heterocycles. The third-order valence-corrected chi connectivity index (χ3v) is 3.21. The van der Waals surface area contributed by atoms with E-state index in [1.54, 1.807) is 0 Å². The van der Waals surface area contributed by atoms with E-state index in [-0.39, 0.29) is 17.8 Å². The zero-order valence-corrected chi connectivity index (χ0v) is 13.2. The first-order chi connectivity index (χ1) is 8.81. The van der Waals surface area contributed by atoms with Gasteiger partial charge in [0, 0.05) is 5.41 Å². The van der Waals surface area contributed by atoms with Gasteiger partial charge in [0.2, 0.25) is 0 Å². The van der Waals surface area contributed by atoms with Crippen LogP contribution < -0.4 is 0 Å². The van der Waals surface area contributed by atoms with Gasteiger partial charge in [-0.05, 0) is 52.2 Å². The van der Waals surface area contributed by atoms with Crippen LogP contribution in [-0.4, -0.2) is 19.0 Å². The van der Waals surface area contributed by atoms with Gasteiger partial charge in [0.25, 0.3) is 0 Å². The molecule has 0 aromatic carbocycles. The van der Waals surface area contributed by atoms with Gasteiger partial charge in [-0.1, -0.05) is 25.5 Å². The molecule has 0 unspecified atom stereocenters. The van der Waals surface area contributed by atoms with Gasteiger partial charge in [0.1, 0.15) is 0 Å². The number of allylic oxidation sites excluding steroid dienone is 2. The van der Waals surface area contributed by atoms with Gasteiger partial charge in [-0.2, -0.15) is 0 Å². The molecule has 2 nitrogen and oxygen atoms in total. The molecule has 1 fully saturated rings. The topological polar surface area (TPSA) is 18.5 Å². The molecule has 0 N–H and O–H groups in total. The lowest BCUT2D eigenvalue weighted by Gasteiger charge is -2.25. The Balaban J connectivity index is 2.59. The molecule has 0 saturated carbocycles. The summed E-state index contributed by atoms with van der Waals surface area (Å²) in [5.41, 5.74) is 5.90. The van der Waals surface area contributed by atoms with Crippen molar-refractivity contribution in [3.05, 3.63) is 29.0 Å². The molecule has 2 heteroatoms. The Morgan fingerprint density at radius 3 is 2.53 bits per heavy atom. The Kier molecular flexibility index (Phi) is 6.06. The average molecular weight is 264 g/mol. The molecule has 1 aliphatic heterocycles. The lowest BCUT2D eigenvalue weighted by molar-refractivity contribution is -0.111. The van der Waals surface area contributed by atoms with Crippen molar-refractivity contribution in [2.75, 3.05) is 6.61 Å². The third kappa shape index (κ3) is 5.78. The SMILES string of the molecule is CC(=C=CC(C)(C)[C@H]1OC[C@H](C)O1)CCC=C(C)C. The predicted molar refractivity (Wildman–Crippen MR) is 80.0 cm³/mol. The molecule has 0 radical (unpaired) electrons. The van der Waals surface area contributed by atoms with E-state index in [4.69, 9.17) is 9.47 Å². The molecule has 1 rings (SSSR count). The van der Waals surface area contributed by atoms with E-state index in [1.165, 1.54) is 11.1 Å². The second-order valence-electron chi connectivity index (χ2n) is 6.32. The predicted octanol–water partition coefficient (Wildman–Crippen LogP) is 4.62. The zero-order chi connectivity index (χ0) is 14.5. The summed E-state index contributed by atoms with van der Waals surface area (Å²) in [6.45, 7) is 13.4. The summed E-state index contributed by atoms with van der Waals surface area (Å²) < 4.78 is 11.4. The molecule has 0 spiro atoms. The molecular weight excluding hydrogens is 236 g/mol. The van der Waals surface area contributed by atoms with Gasteiger partial charge in [-0.25, -0.2) is 0 Å². The normalized spacial score (nSPS) is 22.8. The Morgan fingerprint density at radius 2 is 2.00 bits per heavy atom. The highest BCUT2D eigenvalue weighted by Crippen LogP contribution is 2.30. The number of hydrogen-bond acceptors (Lipinski definition) is 2. The van der Waals surface area contributed by atoms with E-state index in [2.05, 4.69) is 52.5 Å². The molecule has 0 aromatic rings. The van der Waals surface area contributed by atoms with Crippen LogP contribution in [0.2, 0.25) is 0 Å². The van der Waals surface area contributed by atoms with E-state index in [1.807, 2.05) is 6.92 Å². The fraction of sp³-hybridized carbons (Fsp3) is 0.706. The first-order valence-electron chi connectivity index (χ1n) is 7.15. The van der Waals surface area contributed by atoms with Crippen molar-refractivity contribution in [2.45, 2.75) is 66.8 Å². The highest BCUT2D eigenvalue weighted by molar-refractivity contribution is 5.06.